The molecule has 0 aliphatic rings. The first-order valence-electron chi connectivity index (χ1n) is 6.64. The van der Waals surface area contributed by atoms with E-state index in [0.29, 0.717) is 11.0 Å². The van der Waals surface area contributed by atoms with Crippen LogP contribution < -0.4 is 11.3 Å². The highest BCUT2D eigenvalue weighted by Gasteiger charge is 2.16. The normalized spacial score (nSPS) is 12.3. The predicted octanol–water partition coefficient (Wildman–Crippen LogP) is 4.15. The maximum Gasteiger partial charge on any atom is 0.193 e. The van der Waals surface area contributed by atoms with Gasteiger partial charge in [0.15, 0.2) is 5.22 Å². The maximum atomic E-state index is 5.82. The molecule has 2 aromatic carbocycles. The van der Waals surface area contributed by atoms with Gasteiger partial charge >= 0.3 is 0 Å². The van der Waals surface area contributed by atoms with Gasteiger partial charge in [0, 0.05) is 0 Å². The largest absolute Gasteiger partial charge is 0.448 e. The summed E-state index contributed by atoms with van der Waals surface area (Å²) in [5, 5.41) is 0.353. The van der Waals surface area contributed by atoms with E-state index in [1.54, 1.807) is 6.07 Å². The Morgan fingerprint density at radius 3 is 2.10 bits per heavy atom. The molecule has 0 radical (unpaired) electrons. The Labute approximate surface area is 128 Å². The van der Waals surface area contributed by atoms with Crippen molar-refractivity contribution >= 4 is 11.6 Å². The molecule has 1 atom stereocenters. The fourth-order valence-corrected chi connectivity index (χ4v) is 2.48. The minimum Gasteiger partial charge on any atom is -0.448 e. The molecule has 106 valence electrons. The summed E-state index contributed by atoms with van der Waals surface area (Å²) in [6, 6.07) is 21.7. The Hall–Kier alpha value is -2.07. The van der Waals surface area contributed by atoms with E-state index in [1.165, 1.54) is 5.56 Å². The standard InChI is InChI=1S/C17H15ClN2O/c18-16-11-10-15(21-16)17(20-19)14-8-6-13(7-9-14)12-4-2-1-3-5-12/h1-11,17,20H,19H2. The van der Waals surface area contributed by atoms with E-state index >= 15 is 0 Å². The van der Waals surface area contributed by atoms with Crippen LogP contribution in [0.1, 0.15) is 17.4 Å². The van der Waals surface area contributed by atoms with Gasteiger partial charge in [-0.15, -0.1) is 0 Å². The Morgan fingerprint density at radius 2 is 1.52 bits per heavy atom. The maximum absolute atomic E-state index is 5.82. The fraction of sp³-hybridized carbons (Fsp3) is 0.0588. The van der Waals surface area contributed by atoms with Gasteiger partial charge in [0.2, 0.25) is 0 Å². The van der Waals surface area contributed by atoms with Crippen LogP contribution in [0.25, 0.3) is 11.1 Å². The van der Waals surface area contributed by atoms with Crippen molar-refractivity contribution in [2.75, 3.05) is 0 Å². The van der Waals surface area contributed by atoms with Crippen LogP contribution >= 0.6 is 11.6 Å². The number of furan rings is 1. The van der Waals surface area contributed by atoms with Gasteiger partial charge in [-0.3, -0.25) is 5.84 Å². The van der Waals surface area contributed by atoms with Gasteiger partial charge in [0.05, 0.1) is 0 Å². The van der Waals surface area contributed by atoms with Crippen molar-refractivity contribution < 1.29 is 4.42 Å². The Bertz CT molecular complexity index is 707. The van der Waals surface area contributed by atoms with Crippen molar-refractivity contribution in [3.63, 3.8) is 0 Å². The van der Waals surface area contributed by atoms with Gasteiger partial charge in [-0.05, 0) is 40.4 Å². The summed E-state index contributed by atoms with van der Waals surface area (Å²) in [5.74, 6) is 6.33. The van der Waals surface area contributed by atoms with Crippen molar-refractivity contribution in [1.29, 1.82) is 0 Å². The van der Waals surface area contributed by atoms with Gasteiger partial charge in [-0.1, -0.05) is 54.6 Å². The summed E-state index contributed by atoms with van der Waals surface area (Å²) in [5.41, 5.74) is 6.11. The van der Waals surface area contributed by atoms with Crippen LogP contribution in [-0.4, -0.2) is 0 Å². The van der Waals surface area contributed by atoms with Gasteiger partial charge in [-0.2, -0.15) is 0 Å². The van der Waals surface area contributed by atoms with Crippen LogP contribution in [0.5, 0.6) is 0 Å². The second-order valence-corrected chi connectivity index (χ2v) is 5.10. The molecule has 3 nitrogen and oxygen atoms in total. The highest BCUT2D eigenvalue weighted by Crippen LogP contribution is 2.27. The first kappa shape index (κ1) is 13.9. The Kier molecular flexibility index (Phi) is 4.06. The van der Waals surface area contributed by atoms with Crippen molar-refractivity contribution in [2.45, 2.75) is 6.04 Å². The second-order valence-electron chi connectivity index (χ2n) is 4.73. The topological polar surface area (TPSA) is 51.2 Å². The molecule has 1 aromatic heterocycles. The van der Waals surface area contributed by atoms with Crippen LogP contribution in [0.3, 0.4) is 0 Å². The SMILES string of the molecule is NNC(c1ccc(-c2ccccc2)cc1)c1ccc(Cl)o1. The van der Waals surface area contributed by atoms with Gasteiger partial charge in [0.25, 0.3) is 0 Å². The van der Waals surface area contributed by atoms with Crippen LogP contribution in [-0.2, 0) is 0 Å². The molecule has 3 rings (SSSR count). The van der Waals surface area contributed by atoms with E-state index < -0.39 is 0 Å². The lowest BCUT2D eigenvalue weighted by Crippen LogP contribution is -2.28. The van der Waals surface area contributed by atoms with E-state index in [4.69, 9.17) is 21.9 Å². The molecule has 0 saturated carbocycles. The molecule has 0 aliphatic carbocycles. The molecule has 0 spiro atoms. The lowest BCUT2D eigenvalue weighted by Gasteiger charge is -2.14. The van der Waals surface area contributed by atoms with Crippen molar-refractivity contribution in [3.8, 4) is 11.1 Å². The van der Waals surface area contributed by atoms with E-state index in [9.17, 15) is 0 Å². The van der Waals surface area contributed by atoms with E-state index in [0.717, 1.165) is 11.1 Å². The molecule has 0 saturated heterocycles. The molecular weight excluding hydrogens is 284 g/mol. The number of hydrogen-bond acceptors (Lipinski definition) is 3. The fourth-order valence-electron chi connectivity index (χ4n) is 2.32. The molecule has 4 heteroatoms. The summed E-state index contributed by atoms with van der Waals surface area (Å²) in [6.45, 7) is 0. The summed E-state index contributed by atoms with van der Waals surface area (Å²) in [4.78, 5) is 0. The summed E-state index contributed by atoms with van der Waals surface area (Å²) < 4.78 is 5.43. The Morgan fingerprint density at radius 1 is 0.857 bits per heavy atom. The minimum absolute atomic E-state index is 0.220. The third kappa shape index (κ3) is 3.00. The first-order chi connectivity index (χ1) is 10.3. The third-order valence-corrected chi connectivity index (χ3v) is 3.60. The smallest absolute Gasteiger partial charge is 0.193 e. The van der Waals surface area contributed by atoms with Crippen LogP contribution in [0, 0.1) is 0 Å². The summed E-state index contributed by atoms with van der Waals surface area (Å²) in [7, 11) is 0. The minimum atomic E-state index is -0.220. The number of hydrogen-bond donors (Lipinski definition) is 2. The summed E-state index contributed by atoms with van der Waals surface area (Å²) >= 11 is 5.82. The highest BCUT2D eigenvalue weighted by molar-refractivity contribution is 6.28. The van der Waals surface area contributed by atoms with Crippen LogP contribution in [0.4, 0.5) is 0 Å². The zero-order chi connectivity index (χ0) is 14.7. The van der Waals surface area contributed by atoms with Gasteiger partial charge in [0.1, 0.15) is 11.8 Å². The second kappa shape index (κ2) is 6.14. The molecular formula is C17H15ClN2O. The molecule has 0 bridgehead atoms. The lowest BCUT2D eigenvalue weighted by molar-refractivity contribution is 0.453. The van der Waals surface area contributed by atoms with Crippen molar-refractivity contribution in [3.05, 3.63) is 83.3 Å². The quantitative estimate of drug-likeness (QED) is 0.562. The number of halogens is 1. The number of benzene rings is 2. The molecule has 21 heavy (non-hydrogen) atoms. The number of nitrogens with two attached hydrogens (primary N) is 1. The Balaban J connectivity index is 1.89. The van der Waals surface area contributed by atoms with Gasteiger partial charge < -0.3 is 4.42 Å². The molecule has 0 fully saturated rings. The van der Waals surface area contributed by atoms with E-state index in [1.807, 2.05) is 36.4 Å². The summed E-state index contributed by atoms with van der Waals surface area (Å²) in [6.07, 6.45) is 0. The first-order valence-corrected chi connectivity index (χ1v) is 7.02. The monoisotopic (exact) mass is 298 g/mol. The zero-order valence-electron chi connectivity index (χ0n) is 11.3. The zero-order valence-corrected chi connectivity index (χ0v) is 12.0. The number of rotatable bonds is 4. The molecule has 0 amide bonds. The number of nitrogens with one attached hydrogen (secondary N) is 1. The predicted molar refractivity (Wildman–Crippen MR) is 84.8 cm³/mol. The molecule has 1 heterocycles. The molecule has 3 aromatic rings. The van der Waals surface area contributed by atoms with Crippen LogP contribution in [0.2, 0.25) is 5.22 Å². The van der Waals surface area contributed by atoms with Crippen LogP contribution in [0.15, 0.2) is 71.1 Å². The third-order valence-electron chi connectivity index (χ3n) is 3.40. The van der Waals surface area contributed by atoms with Gasteiger partial charge in [-0.25, -0.2) is 5.43 Å². The van der Waals surface area contributed by atoms with Crippen molar-refractivity contribution in [2.24, 2.45) is 5.84 Å². The lowest BCUT2D eigenvalue weighted by atomic mass is 10.00. The highest BCUT2D eigenvalue weighted by atomic mass is 35.5. The average Bonchev–Trinajstić information content (AvgIpc) is 2.96. The molecule has 3 N–H and O–H groups in total. The number of hydrazine groups is 1. The van der Waals surface area contributed by atoms with Crippen molar-refractivity contribution in [1.82, 2.24) is 5.43 Å². The molecule has 0 aliphatic heterocycles. The average molecular weight is 299 g/mol. The van der Waals surface area contributed by atoms with E-state index in [2.05, 4.69) is 29.7 Å². The molecule has 1 unspecified atom stereocenters. The van der Waals surface area contributed by atoms with E-state index in [-0.39, 0.29) is 6.04 Å².